The van der Waals surface area contributed by atoms with Crippen molar-refractivity contribution >= 4 is 10.8 Å². The fourth-order valence-corrected chi connectivity index (χ4v) is 1.82. The fourth-order valence-electron chi connectivity index (χ4n) is 1.82. The number of fused-ring (bicyclic) bond motifs is 1. The molecule has 0 aliphatic rings. The monoisotopic (exact) mass is 219 g/mol. The van der Waals surface area contributed by atoms with E-state index in [1.165, 1.54) is 0 Å². The van der Waals surface area contributed by atoms with Gasteiger partial charge >= 0.3 is 0 Å². The van der Waals surface area contributed by atoms with Gasteiger partial charge in [-0.1, -0.05) is 48.5 Å². The lowest BCUT2D eigenvalue weighted by molar-refractivity contribution is 0.487. The number of hydrogen-bond acceptors (Lipinski definition) is 1. The van der Waals surface area contributed by atoms with Gasteiger partial charge in [0.15, 0.2) is 0 Å². The first-order valence-electron chi connectivity index (χ1n) is 5.56. The number of benzene rings is 3. The number of hydrogen-bond donors (Lipinski definition) is 0. The summed E-state index contributed by atoms with van der Waals surface area (Å²) in [4.78, 5) is 0. The standard InChI is InChI=1S/C16H11O/c1-2-9-14(10-3-1)17-16-12-6-8-13-7-4-5-11-15(13)16/h1-11H. The van der Waals surface area contributed by atoms with Crippen LogP contribution in [0.3, 0.4) is 0 Å². The average molecular weight is 219 g/mol. The topological polar surface area (TPSA) is 9.23 Å². The summed E-state index contributed by atoms with van der Waals surface area (Å²) in [5.41, 5.74) is 0. The Morgan fingerprint density at radius 2 is 1.53 bits per heavy atom. The van der Waals surface area contributed by atoms with Gasteiger partial charge in [-0.2, -0.15) is 0 Å². The Labute approximate surface area is 100 Å². The van der Waals surface area contributed by atoms with Gasteiger partial charge in [0.2, 0.25) is 0 Å². The Hall–Kier alpha value is -2.28. The van der Waals surface area contributed by atoms with Crippen LogP contribution in [-0.4, -0.2) is 0 Å². The highest BCUT2D eigenvalue weighted by Crippen LogP contribution is 2.28. The summed E-state index contributed by atoms with van der Waals surface area (Å²) in [6.07, 6.45) is 0. The molecule has 0 atom stereocenters. The summed E-state index contributed by atoms with van der Waals surface area (Å²) in [6.45, 7) is 0. The Balaban J connectivity index is 2.06. The van der Waals surface area contributed by atoms with Gasteiger partial charge in [0, 0.05) is 11.5 Å². The first-order valence-corrected chi connectivity index (χ1v) is 5.56. The van der Waals surface area contributed by atoms with Crippen LogP contribution >= 0.6 is 0 Å². The Morgan fingerprint density at radius 3 is 2.41 bits per heavy atom. The molecule has 0 saturated carbocycles. The van der Waals surface area contributed by atoms with Crippen LogP contribution in [0.25, 0.3) is 10.8 Å². The summed E-state index contributed by atoms with van der Waals surface area (Å²) >= 11 is 0. The molecule has 81 valence electrons. The lowest BCUT2D eigenvalue weighted by Gasteiger charge is -2.07. The molecule has 0 heterocycles. The molecule has 0 bridgehead atoms. The van der Waals surface area contributed by atoms with Crippen molar-refractivity contribution in [3.05, 3.63) is 72.8 Å². The van der Waals surface area contributed by atoms with Crippen LogP contribution in [0.1, 0.15) is 0 Å². The van der Waals surface area contributed by atoms with Crippen LogP contribution in [-0.2, 0) is 0 Å². The molecule has 0 aliphatic carbocycles. The van der Waals surface area contributed by atoms with E-state index in [0.29, 0.717) is 0 Å². The molecule has 0 amide bonds. The van der Waals surface area contributed by atoms with Crippen molar-refractivity contribution in [1.29, 1.82) is 0 Å². The largest absolute Gasteiger partial charge is 0.456 e. The number of para-hydroxylation sites is 1. The number of rotatable bonds is 2. The van der Waals surface area contributed by atoms with Crippen molar-refractivity contribution in [2.75, 3.05) is 0 Å². The van der Waals surface area contributed by atoms with Crippen molar-refractivity contribution in [3.8, 4) is 11.5 Å². The van der Waals surface area contributed by atoms with Crippen LogP contribution in [0, 0.1) is 6.07 Å². The van der Waals surface area contributed by atoms with Gasteiger partial charge < -0.3 is 4.74 Å². The van der Waals surface area contributed by atoms with Gasteiger partial charge in [-0.15, -0.1) is 0 Å². The summed E-state index contributed by atoms with van der Waals surface area (Å²) in [5.74, 6) is 1.61. The first-order chi connectivity index (χ1) is 8.43. The van der Waals surface area contributed by atoms with E-state index in [-0.39, 0.29) is 0 Å². The van der Waals surface area contributed by atoms with E-state index in [9.17, 15) is 0 Å². The fraction of sp³-hybridized carbons (Fsp3) is 0. The smallest absolute Gasteiger partial charge is 0.143 e. The highest BCUT2D eigenvalue weighted by molar-refractivity contribution is 5.88. The van der Waals surface area contributed by atoms with Gasteiger partial charge in [0.1, 0.15) is 11.5 Å². The van der Waals surface area contributed by atoms with E-state index in [0.717, 1.165) is 22.3 Å². The normalized spacial score (nSPS) is 10.4. The molecule has 1 radical (unpaired) electrons. The molecule has 0 fully saturated rings. The van der Waals surface area contributed by atoms with Crippen LogP contribution in [0.5, 0.6) is 11.5 Å². The van der Waals surface area contributed by atoms with Crippen LogP contribution < -0.4 is 4.74 Å². The van der Waals surface area contributed by atoms with E-state index in [2.05, 4.69) is 12.1 Å². The minimum absolute atomic E-state index is 0.773. The second kappa shape index (κ2) is 4.30. The average Bonchev–Trinajstić information content (AvgIpc) is 2.40. The van der Waals surface area contributed by atoms with Crippen molar-refractivity contribution in [2.24, 2.45) is 0 Å². The lowest BCUT2D eigenvalue weighted by atomic mass is 10.1. The quantitative estimate of drug-likeness (QED) is 0.619. The zero-order valence-corrected chi connectivity index (χ0v) is 9.26. The highest BCUT2D eigenvalue weighted by Gasteiger charge is 2.02. The second-order valence-corrected chi connectivity index (χ2v) is 3.81. The predicted molar refractivity (Wildman–Crippen MR) is 69.3 cm³/mol. The Bertz CT molecular complexity index is 624. The summed E-state index contributed by atoms with van der Waals surface area (Å²) < 4.78 is 5.84. The number of ether oxygens (including phenoxy) is 1. The third-order valence-electron chi connectivity index (χ3n) is 2.65. The molecule has 0 unspecified atom stereocenters. The maximum absolute atomic E-state index is 5.84. The van der Waals surface area contributed by atoms with Crippen molar-refractivity contribution in [2.45, 2.75) is 0 Å². The molecule has 0 spiro atoms. The second-order valence-electron chi connectivity index (χ2n) is 3.81. The van der Waals surface area contributed by atoms with Crippen LogP contribution in [0.2, 0.25) is 0 Å². The molecule has 3 aromatic rings. The van der Waals surface area contributed by atoms with Crippen LogP contribution in [0.4, 0.5) is 0 Å². The SMILES string of the molecule is [c]1ccc2ccccc2c1Oc1ccccc1. The zero-order chi connectivity index (χ0) is 11.5. The van der Waals surface area contributed by atoms with Crippen molar-refractivity contribution in [1.82, 2.24) is 0 Å². The maximum Gasteiger partial charge on any atom is 0.143 e. The van der Waals surface area contributed by atoms with Crippen LogP contribution in [0.15, 0.2) is 66.7 Å². The first kappa shape index (κ1) is 9.91. The summed E-state index contributed by atoms with van der Waals surface area (Å²) in [6, 6.07) is 25.0. The molecular weight excluding hydrogens is 208 g/mol. The summed E-state index contributed by atoms with van der Waals surface area (Å²) in [7, 11) is 0. The van der Waals surface area contributed by atoms with E-state index in [4.69, 9.17) is 4.74 Å². The molecule has 1 heteroatoms. The Kier molecular flexibility index (Phi) is 2.51. The molecule has 0 N–H and O–H groups in total. The zero-order valence-electron chi connectivity index (χ0n) is 9.26. The highest BCUT2D eigenvalue weighted by atomic mass is 16.5. The third-order valence-corrected chi connectivity index (χ3v) is 2.65. The van der Waals surface area contributed by atoms with Gasteiger partial charge in [0.25, 0.3) is 0 Å². The molecule has 17 heavy (non-hydrogen) atoms. The minimum atomic E-state index is 0.773. The van der Waals surface area contributed by atoms with Gasteiger partial charge in [-0.25, -0.2) is 0 Å². The van der Waals surface area contributed by atoms with Gasteiger partial charge in [0.05, 0.1) is 0 Å². The summed E-state index contributed by atoms with van der Waals surface area (Å²) in [5, 5.41) is 2.25. The molecule has 1 nitrogen and oxygen atoms in total. The van der Waals surface area contributed by atoms with Crippen molar-refractivity contribution < 1.29 is 4.74 Å². The molecule has 0 aromatic heterocycles. The minimum Gasteiger partial charge on any atom is -0.456 e. The van der Waals surface area contributed by atoms with Gasteiger partial charge in [-0.05, 0) is 23.6 Å². The maximum atomic E-state index is 5.84. The third kappa shape index (κ3) is 2.00. The van der Waals surface area contributed by atoms with E-state index < -0.39 is 0 Å². The molecule has 3 rings (SSSR count). The predicted octanol–water partition coefficient (Wildman–Crippen LogP) is 4.43. The molecule has 3 aromatic carbocycles. The molecule has 0 aliphatic heterocycles. The lowest BCUT2D eigenvalue weighted by Crippen LogP contribution is -1.85. The van der Waals surface area contributed by atoms with E-state index in [1.807, 2.05) is 60.7 Å². The van der Waals surface area contributed by atoms with Crippen molar-refractivity contribution in [3.63, 3.8) is 0 Å². The van der Waals surface area contributed by atoms with Gasteiger partial charge in [-0.3, -0.25) is 0 Å². The molecule has 0 saturated heterocycles. The Morgan fingerprint density at radius 1 is 0.765 bits per heavy atom. The molecular formula is C16H11O. The van der Waals surface area contributed by atoms with E-state index >= 15 is 0 Å². The van der Waals surface area contributed by atoms with E-state index in [1.54, 1.807) is 0 Å².